The highest BCUT2D eigenvalue weighted by molar-refractivity contribution is 6.31. The molecular formula is C19H25ClFN3O3. The Hall–Kier alpha value is -1.86. The molecule has 1 aromatic carbocycles. The number of ether oxygens (including phenoxy) is 2. The maximum atomic E-state index is 13.7. The number of carbonyl (C=O) groups is 1. The van der Waals surface area contributed by atoms with Crippen LogP contribution in [0.1, 0.15) is 39.5 Å². The normalized spacial score (nSPS) is 21.2. The van der Waals surface area contributed by atoms with Crippen LogP contribution in [0.4, 0.5) is 4.39 Å². The summed E-state index contributed by atoms with van der Waals surface area (Å²) in [5, 5.41) is 2.87. The van der Waals surface area contributed by atoms with Crippen LogP contribution in [0, 0.1) is 5.82 Å². The van der Waals surface area contributed by atoms with E-state index < -0.39 is 5.82 Å². The highest BCUT2D eigenvalue weighted by Gasteiger charge is 2.25. The molecule has 0 spiro atoms. The van der Waals surface area contributed by atoms with Crippen molar-refractivity contribution in [2.75, 3.05) is 6.61 Å². The van der Waals surface area contributed by atoms with Crippen molar-refractivity contribution in [2.45, 2.75) is 57.8 Å². The number of aromatic nitrogens is 2. The topological polar surface area (TPSA) is 65.4 Å². The van der Waals surface area contributed by atoms with Gasteiger partial charge in [-0.15, -0.1) is 0 Å². The number of hydrogen-bond acceptors (Lipinski definition) is 4. The van der Waals surface area contributed by atoms with Gasteiger partial charge in [0.2, 0.25) is 5.91 Å². The van der Waals surface area contributed by atoms with Crippen molar-refractivity contribution in [3.05, 3.63) is 23.0 Å². The molecule has 6 nitrogen and oxygen atoms in total. The first-order valence-corrected chi connectivity index (χ1v) is 9.58. The van der Waals surface area contributed by atoms with Crippen LogP contribution < -0.4 is 10.1 Å². The van der Waals surface area contributed by atoms with E-state index in [9.17, 15) is 9.18 Å². The number of amides is 1. The van der Waals surface area contributed by atoms with E-state index in [1.165, 1.54) is 19.1 Å². The lowest BCUT2D eigenvalue weighted by atomic mass is 9.95. The third kappa shape index (κ3) is 4.90. The first-order chi connectivity index (χ1) is 12.8. The van der Waals surface area contributed by atoms with Crippen LogP contribution in [0.2, 0.25) is 5.02 Å². The Kier molecular flexibility index (Phi) is 6.22. The van der Waals surface area contributed by atoms with Gasteiger partial charge in [-0.2, -0.15) is 4.98 Å². The monoisotopic (exact) mass is 397 g/mol. The van der Waals surface area contributed by atoms with Crippen LogP contribution in [0.15, 0.2) is 12.1 Å². The lowest BCUT2D eigenvalue weighted by molar-refractivity contribution is -0.120. The maximum absolute atomic E-state index is 13.7. The Morgan fingerprint density at radius 2 is 2.04 bits per heavy atom. The molecule has 1 saturated carbocycles. The fourth-order valence-electron chi connectivity index (χ4n) is 3.41. The molecule has 1 N–H and O–H groups in total. The van der Waals surface area contributed by atoms with Crippen molar-refractivity contribution in [3.63, 3.8) is 0 Å². The predicted molar refractivity (Wildman–Crippen MR) is 102 cm³/mol. The van der Waals surface area contributed by atoms with Crippen LogP contribution in [-0.2, 0) is 16.6 Å². The third-order valence-electron chi connectivity index (χ3n) is 4.81. The zero-order chi connectivity index (χ0) is 19.6. The predicted octanol–water partition coefficient (Wildman–Crippen LogP) is 3.60. The van der Waals surface area contributed by atoms with E-state index >= 15 is 0 Å². The van der Waals surface area contributed by atoms with Gasteiger partial charge in [0.25, 0.3) is 6.01 Å². The number of halogens is 2. The zero-order valence-electron chi connectivity index (χ0n) is 15.8. The largest absolute Gasteiger partial charge is 0.461 e. The van der Waals surface area contributed by atoms with Crippen molar-refractivity contribution in [3.8, 4) is 6.01 Å². The zero-order valence-corrected chi connectivity index (χ0v) is 16.6. The van der Waals surface area contributed by atoms with Crippen molar-refractivity contribution < 1.29 is 18.7 Å². The van der Waals surface area contributed by atoms with E-state index in [1.54, 1.807) is 11.6 Å². The summed E-state index contributed by atoms with van der Waals surface area (Å²) < 4.78 is 27.4. The summed E-state index contributed by atoms with van der Waals surface area (Å²) in [6.07, 6.45) is 3.72. The summed E-state index contributed by atoms with van der Waals surface area (Å²) >= 11 is 5.83. The number of nitrogens with one attached hydrogen (secondary N) is 1. The van der Waals surface area contributed by atoms with Crippen molar-refractivity contribution in [1.29, 1.82) is 0 Å². The van der Waals surface area contributed by atoms with Crippen LogP contribution in [-0.4, -0.2) is 40.3 Å². The molecule has 0 aliphatic heterocycles. The van der Waals surface area contributed by atoms with Gasteiger partial charge >= 0.3 is 0 Å². The van der Waals surface area contributed by atoms with E-state index in [1.807, 2.05) is 6.92 Å². The number of carbonyl (C=O) groups excluding carboxylic acids is 1. The SMILES string of the molecule is CC(=O)N[C@@H](C)COC1CCC(Oc2nc3cc(Cl)c(F)cc3n2C)CC1. The number of aryl methyl sites for hydroxylation is 1. The van der Waals surface area contributed by atoms with E-state index in [4.69, 9.17) is 21.1 Å². The number of benzene rings is 1. The fraction of sp³-hybridized carbons (Fsp3) is 0.579. The van der Waals surface area contributed by atoms with Crippen LogP contribution in [0.25, 0.3) is 11.0 Å². The third-order valence-corrected chi connectivity index (χ3v) is 5.10. The minimum absolute atomic E-state index is 0.00342. The number of rotatable bonds is 6. The van der Waals surface area contributed by atoms with Crippen molar-refractivity contribution in [2.24, 2.45) is 7.05 Å². The van der Waals surface area contributed by atoms with Gasteiger partial charge in [0, 0.05) is 26.1 Å². The Balaban J connectivity index is 1.53. The molecule has 1 aliphatic rings. The Morgan fingerprint density at radius 1 is 1.37 bits per heavy atom. The van der Waals surface area contributed by atoms with Gasteiger partial charge in [-0.1, -0.05) is 11.6 Å². The molecule has 1 aromatic heterocycles. The Bertz CT molecular complexity index is 818. The highest BCUT2D eigenvalue weighted by Crippen LogP contribution is 2.29. The number of imidazole rings is 1. The Morgan fingerprint density at radius 3 is 2.70 bits per heavy atom. The van der Waals surface area contributed by atoms with E-state index in [0.29, 0.717) is 23.7 Å². The van der Waals surface area contributed by atoms with Gasteiger partial charge in [0.05, 0.1) is 28.8 Å². The second-order valence-corrected chi connectivity index (χ2v) is 7.57. The lowest BCUT2D eigenvalue weighted by Gasteiger charge is -2.29. The summed E-state index contributed by atoms with van der Waals surface area (Å²) in [4.78, 5) is 15.5. The maximum Gasteiger partial charge on any atom is 0.297 e. The minimum atomic E-state index is -0.468. The summed E-state index contributed by atoms with van der Waals surface area (Å²) in [6, 6.07) is 3.36. The van der Waals surface area contributed by atoms with Gasteiger partial charge in [-0.3, -0.25) is 9.36 Å². The molecule has 2 aromatic rings. The average Bonchev–Trinajstić information content (AvgIpc) is 2.89. The minimum Gasteiger partial charge on any atom is -0.461 e. The van der Waals surface area contributed by atoms with Crippen LogP contribution >= 0.6 is 11.6 Å². The van der Waals surface area contributed by atoms with E-state index in [2.05, 4.69) is 10.3 Å². The fourth-order valence-corrected chi connectivity index (χ4v) is 3.56. The molecule has 0 unspecified atom stereocenters. The number of nitrogens with zero attached hydrogens (tertiary/aromatic N) is 2. The first-order valence-electron chi connectivity index (χ1n) is 9.20. The van der Waals surface area contributed by atoms with Crippen molar-refractivity contribution >= 4 is 28.5 Å². The van der Waals surface area contributed by atoms with E-state index in [0.717, 1.165) is 25.7 Å². The molecule has 148 valence electrons. The summed E-state index contributed by atoms with van der Waals surface area (Å²) in [5.74, 6) is -0.517. The van der Waals surface area contributed by atoms with Crippen molar-refractivity contribution in [1.82, 2.24) is 14.9 Å². The van der Waals surface area contributed by atoms with Crippen LogP contribution in [0.3, 0.4) is 0 Å². The molecule has 1 fully saturated rings. The number of hydrogen-bond donors (Lipinski definition) is 1. The quantitative estimate of drug-likeness (QED) is 0.808. The first kappa shape index (κ1) is 19.9. The second-order valence-electron chi connectivity index (χ2n) is 7.16. The van der Waals surface area contributed by atoms with E-state index in [-0.39, 0.29) is 29.2 Å². The molecule has 27 heavy (non-hydrogen) atoms. The number of fused-ring (bicyclic) bond motifs is 1. The summed E-state index contributed by atoms with van der Waals surface area (Å²) in [5.41, 5.74) is 1.26. The molecule has 3 rings (SSSR count). The van der Waals surface area contributed by atoms with Crippen LogP contribution in [0.5, 0.6) is 6.01 Å². The highest BCUT2D eigenvalue weighted by atomic mass is 35.5. The summed E-state index contributed by atoms with van der Waals surface area (Å²) in [6.45, 7) is 3.94. The molecule has 1 heterocycles. The van der Waals surface area contributed by atoms with Gasteiger partial charge < -0.3 is 14.8 Å². The molecule has 1 amide bonds. The molecule has 1 aliphatic carbocycles. The van der Waals surface area contributed by atoms with Gasteiger partial charge in [-0.05, 0) is 38.7 Å². The summed E-state index contributed by atoms with van der Waals surface area (Å²) in [7, 11) is 1.80. The van der Waals surface area contributed by atoms with Gasteiger partial charge in [0.1, 0.15) is 11.9 Å². The molecule has 1 atom stereocenters. The van der Waals surface area contributed by atoms with Gasteiger partial charge in [-0.25, -0.2) is 4.39 Å². The average molecular weight is 398 g/mol. The van der Waals surface area contributed by atoms with Gasteiger partial charge in [0.15, 0.2) is 0 Å². The lowest BCUT2D eigenvalue weighted by Crippen LogP contribution is -2.37. The second kappa shape index (κ2) is 8.44. The standard InChI is InChI=1S/C19H25ClFN3O3/c1-11(22-12(2)25)10-26-13-4-6-14(7-5-13)27-19-23-17-8-15(20)16(21)9-18(17)24(19)3/h8-9,11,13-14H,4-7,10H2,1-3H3,(H,22,25)/t11-,13?,14?/m0/s1. The Labute approximate surface area is 163 Å². The molecular weight excluding hydrogens is 373 g/mol. The molecule has 8 heteroatoms. The smallest absolute Gasteiger partial charge is 0.297 e. The molecule has 0 radical (unpaired) electrons. The molecule has 0 saturated heterocycles. The molecule has 0 bridgehead atoms.